The molecule has 5 heteroatoms. The molecule has 3 N–H and O–H groups in total. The van der Waals surface area contributed by atoms with E-state index in [9.17, 15) is 4.79 Å². The molecule has 1 saturated heterocycles. The quantitative estimate of drug-likeness (QED) is 0.655. The van der Waals surface area contributed by atoms with E-state index in [1.807, 2.05) is 35.2 Å². The Morgan fingerprint density at radius 1 is 0.938 bits per heavy atom. The van der Waals surface area contributed by atoms with Crippen molar-refractivity contribution in [3.05, 3.63) is 96.1 Å². The molecule has 2 aliphatic rings. The van der Waals surface area contributed by atoms with Crippen LogP contribution >= 0.6 is 0 Å². The maximum atomic E-state index is 12.4. The highest BCUT2D eigenvalue weighted by molar-refractivity contribution is 5.85. The molecule has 5 nitrogen and oxygen atoms in total. The van der Waals surface area contributed by atoms with E-state index in [-0.39, 0.29) is 5.91 Å². The number of primary amides is 1. The van der Waals surface area contributed by atoms with Crippen LogP contribution in [0.4, 0.5) is 5.69 Å². The van der Waals surface area contributed by atoms with Crippen LogP contribution in [0.3, 0.4) is 0 Å². The van der Waals surface area contributed by atoms with Gasteiger partial charge in [-0.25, -0.2) is 0 Å². The van der Waals surface area contributed by atoms with Gasteiger partial charge in [0, 0.05) is 49.7 Å². The van der Waals surface area contributed by atoms with Gasteiger partial charge in [-0.05, 0) is 40.5 Å². The van der Waals surface area contributed by atoms with Gasteiger partial charge >= 0.3 is 0 Å². The summed E-state index contributed by atoms with van der Waals surface area (Å²) in [4.78, 5) is 16.8. The van der Waals surface area contributed by atoms with Gasteiger partial charge in [0.1, 0.15) is 6.04 Å². The van der Waals surface area contributed by atoms with Crippen molar-refractivity contribution in [3.63, 3.8) is 0 Å². The smallest absolute Gasteiger partial charge is 0.244 e. The Kier molecular flexibility index (Phi) is 5.41. The molecule has 0 bridgehead atoms. The predicted octanol–water partition coefficient (Wildman–Crippen LogP) is 3.78. The molecule has 2 heterocycles. The molecule has 1 atom stereocenters. The molecule has 1 unspecified atom stereocenters. The Morgan fingerprint density at radius 2 is 1.62 bits per heavy atom. The first-order valence-electron chi connectivity index (χ1n) is 11.1. The van der Waals surface area contributed by atoms with Crippen LogP contribution in [0, 0.1) is 0 Å². The summed E-state index contributed by atoms with van der Waals surface area (Å²) in [6, 6.07) is 24.4. The first kappa shape index (κ1) is 20.3. The summed E-state index contributed by atoms with van der Waals surface area (Å²) in [7, 11) is 0. The van der Waals surface area contributed by atoms with Crippen molar-refractivity contribution in [1.82, 2.24) is 10.2 Å². The summed E-state index contributed by atoms with van der Waals surface area (Å²) in [5, 5.41) is 3.40. The number of carbonyl (C=O) groups is 1. The lowest BCUT2D eigenvalue weighted by molar-refractivity contribution is -0.122. The fourth-order valence-corrected chi connectivity index (χ4v) is 4.76. The number of nitrogens with two attached hydrogens (primary N) is 1. The van der Waals surface area contributed by atoms with E-state index in [4.69, 9.17) is 5.73 Å². The van der Waals surface area contributed by atoms with Crippen LogP contribution < -0.4 is 16.0 Å². The molecule has 0 radical (unpaired) electrons. The van der Waals surface area contributed by atoms with Crippen molar-refractivity contribution in [2.24, 2.45) is 5.73 Å². The zero-order chi connectivity index (χ0) is 22.1. The number of nitrogens with one attached hydrogen (secondary N) is 1. The number of nitrogens with zero attached hydrogens (tertiary/aromatic N) is 2. The monoisotopic (exact) mass is 424 g/mol. The summed E-state index contributed by atoms with van der Waals surface area (Å²) < 4.78 is 0. The number of benzene rings is 3. The molecule has 162 valence electrons. The van der Waals surface area contributed by atoms with Gasteiger partial charge in [0.05, 0.1) is 0 Å². The second kappa shape index (κ2) is 8.52. The highest BCUT2D eigenvalue weighted by atomic mass is 16.1. The molecule has 32 heavy (non-hydrogen) atoms. The van der Waals surface area contributed by atoms with Gasteiger partial charge in [-0.2, -0.15) is 0 Å². The lowest BCUT2D eigenvalue weighted by Gasteiger charge is -2.29. The largest absolute Gasteiger partial charge is 0.369 e. The molecule has 5 rings (SSSR count). The first-order valence-corrected chi connectivity index (χ1v) is 11.1. The molecular weight excluding hydrogens is 396 g/mol. The molecule has 0 saturated carbocycles. The minimum atomic E-state index is -0.530. The number of carbonyl (C=O) groups excluding carboxylic acids is 1. The third kappa shape index (κ3) is 3.76. The van der Waals surface area contributed by atoms with Crippen LogP contribution in [0.25, 0.3) is 16.8 Å². The van der Waals surface area contributed by atoms with Gasteiger partial charge in [-0.1, -0.05) is 61.2 Å². The minimum absolute atomic E-state index is 0.367. The summed E-state index contributed by atoms with van der Waals surface area (Å²) in [6.07, 6.45) is 0. The predicted molar refractivity (Wildman–Crippen MR) is 130 cm³/mol. The first-order chi connectivity index (χ1) is 15.6. The maximum absolute atomic E-state index is 12.4. The average Bonchev–Trinajstić information content (AvgIpc) is 3.16. The van der Waals surface area contributed by atoms with E-state index in [0.717, 1.165) is 48.6 Å². The topological polar surface area (TPSA) is 61.6 Å². The Balaban J connectivity index is 1.40. The number of piperazine rings is 1. The highest BCUT2D eigenvalue weighted by Crippen LogP contribution is 2.40. The van der Waals surface area contributed by atoms with Crippen molar-refractivity contribution in [2.75, 3.05) is 31.1 Å². The SMILES string of the molecule is C=C1c2cc(-c3ccc(N4CCNCC4)cc3)ccc2CN1C(C(N)=O)c1ccccc1. The average molecular weight is 425 g/mol. The molecule has 3 aromatic rings. The zero-order valence-corrected chi connectivity index (χ0v) is 18.1. The number of hydrogen-bond donors (Lipinski definition) is 2. The van der Waals surface area contributed by atoms with E-state index >= 15 is 0 Å². The highest BCUT2D eigenvalue weighted by Gasteiger charge is 2.32. The number of hydrogen-bond acceptors (Lipinski definition) is 4. The number of fused-ring (bicyclic) bond motifs is 1. The van der Waals surface area contributed by atoms with Gasteiger partial charge < -0.3 is 20.9 Å². The van der Waals surface area contributed by atoms with Crippen LogP contribution in [0.15, 0.2) is 79.4 Å². The molecular formula is C27H28N4O. The number of rotatable bonds is 5. The van der Waals surface area contributed by atoms with Crippen LogP contribution in [0.1, 0.15) is 22.7 Å². The van der Waals surface area contributed by atoms with E-state index < -0.39 is 6.04 Å². The Labute approximate surface area is 189 Å². The normalized spacial score (nSPS) is 16.7. The van der Waals surface area contributed by atoms with E-state index in [0.29, 0.717) is 6.54 Å². The molecule has 1 fully saturated rings. The van der Waals surface area contributed by atoms with E-state index in [1.54, 1.807) is 0 Å². The number of amides is 1. The third-order valence-electron chi connectivity index (χ3n) is 6.49. The van der Waals surface area contributed by atoms with Crippen molar-refractivity contribution in [3.8, 4) is 11.1 Å². The molecule has 1 amide bonds. The Hall–Kier alpha value is -3.57. The van der Waals surface area contributed by atoms with Crippen molar-refractivity contribution in [1.29, 1.82) is 0 Å². The van der Waals surface area contributed by atoms with Gasteiger partial charge in [0.15, 0.2) is 0 Å². The van der Waals surface area contributed by atoms with E-state index in [2.05, 4.69) is 59.3 Å². The maximum Gasteiger partial charge on any atom is 0.244 e. The van der Waals surface area contributed by atoms with Crippen LogP contribution in [-0.4, -0.2) is 37.0 Å². The fourth-order valence-electron chi connectivity index (χ4n) is 4.76. The van der Waals surface area contributed by atoms with Gasteiger partial charge in [0.25, 0.3) is 0 Å². The lowest BCUT2D eigenvalue weighted by atomic mass is 9.99. The van der Waals surface area contributed by atoms with Gasteiger partial charge in [-0.15, -0.1) is 0 Å². The van der Waals surface area contributed by atoms with Crippen molar-refractivity contribution >= 4 is 17.3 Å². The summed E-state index contributed by atoms with van der Waals surface area (Å²) in [6.45, 7) is 9.08. The summed E-state index contributed by atoms with van der Waals surface area (Å²) >= 11 is 0. The van der Waals surface area contributed by atoms with Gasteiger partial charge in [0.2, 0.25) is 5.91 Å². The summed E-state index contributed by atoms with van der Waals surface area (Å²) in [5.41, 5.74) is 13.4. The summed E-state index contributed by atoms with van der Waals surface area (Å²) in [5.74, 6) is -0.367. The molecule has 0 aliphatic carbocycles. The van der Waals surface area contributed by atoms with E-state index in [1.165, 1.54) is 16.8 Å². The fraction of sp³-hybridized carbons (Fsp3) is 0.222. The third-order valence-corrected chi connectivity index (χ3v) is 6.49. The van der Waals surface area contributed by atoms with Gasteiger partial charge in [-0.3, -0.25) is 4.79 Å². The van der Waals surface area contributed by atoms with Crippen LogP contribution in [-0.2, 0) is 11.3 Å². The zero-order valence-electron chi connectivity index (χ0n) is 18.1. The standard InChI is InChI=1S/C27H28N4O/c1-19-25-17-22(20-9-11-24(12-10-20)30-15-13-29-14-16-30)7-8-23(25)18-31(19)26(27(28)32)21-5-3-2-4-6-21/h2-12,17,26,29H,1,13-16,18H2,(H2,28,32). The second-order valence-corrected chi connectivity index (χ2v) is 8.45. The molecule has 3 aromatic carbocycles. The minimum Gasteiger partial charge on any atom is -0.369 e. The number of anilines is 1. The van der Waals surface area contributed by atoms with Crippen molar-refractivity contribution < 1.29 is 4.79 Å². The molecule has 0 aromatic heterocycles. The van der Waals surface area contributed by atoms with Crippen molar-refractivity contribution in [2.45, 2.75) is 12.6 Å². The molecule has 0 spiro atoms. The lowest BCUT2D eigenvalue weighted by Crippen LogP contribution is -2.43. The second-order valence-electron chi connectivity index (χ2n) is 8.45. The van der Waals surface area contributed by atoms with Crippen LogP contribution in [0.2, 0.25) is 0 Å². The molecule has 2 aliphatic heterocycles. The van der Waals surface area contributed by atoms with Crippen LogP contribution in [0.5, 0.6) is 0 Å². The Morgan fingerprint density at radius 3 is 2.31 bits per heavy atom. The Bertz CT molecular complexity index is 1130.